The summed E-state index contributed by atoms with van der Waals surface area (Å²) in [6.07, 6.45) is 10.9. The van der Waals surface area contributed by atoms with Crippen molar-refractivity contribution in [2.24, 2.45) is 5.16 Å². The van der Waals surface area contributed by atoms with Crippen LogP contribution in [0.25, 0.3) is 0 Å². The van der Waals surface area contributed by atoms with Gasteiger partial charge in [0.2, 0.25) is 5.88 Å². The molecule has 0 aliphatic carbocycles. The Bertz CT molecular complexity index is 828. The number of aromatic nitrogens is 2. The number of aryl methyl sites for hydroxylation is 2. The molecule has 1 aromatic carbocycles. The van der Waals surface area contributed by atoms with Crippen molar-refractivity contribution in [2.45, 2.75) is 52.9 Å². The minimum absolute atomic E-state index is 0.525. The highest BCUT2D eigenvalue weighted by Crippen LogP contribution is 2.28. The molecule has 2 rings (SSSR count). The molecular weight excluding hydrogens is 406 g/mol. The van der Waals surface area contributed by atoms with E-state index in [1.165, 1.54) is 13.3 Å². The summed E-state index contributed by atoms with van der Waals surface area (Å²) in [4.78, 5) is 4.61. The summed E-state index contributed by atoms with van der Waals surface area (Å²) in [5.41, 5.74) is 2.85. The largest absolute Gasteiger partial charge is 0.493 e. The van der Waals surface area contributed by atoms with Crippen LogP contribution in [0, 0.1) is 13.8 Å². The first kappa shape index (κ1) is 25.2. The minimum atomic E-state index is 0.525. The number of hydrogen-bond acceptors (Lipinski definition) is 7. The quantitative estimate of drug-likeness (QED) is 0.159. The van der Waals surface area contributed by atoms with Crippen molar-refractivity contribution in [3.05, 3.63) is 53.2 Å². The second kappa shape index (κ2) is 14.8. The monoisotopic (exact) mass is 441 g/mol. The standard InChI is InChI=1S/C25H35N3O4/c1-5-6-14-30-23-17-20(2)25(21(3)18-23)32-16-11-9-7-8-10-15-31-24-13-12-22(27-28-24)19-26-29-4/h5-6,12-13,17-19H,7-11,14-16H2,1-4H3/b6-5+,26-19+. The second-order valence-corrected chi connectivity index (χ2v) is 7.44. The van der Waals surface area contributed by atoms with Gasteiger partial charge in [-0.1, -0.05) is 36.6 Å². The number of benzene rings is 1. The normalized spacial score (nSPS) is 11.2. The fourth-order valence-corrected chi connectivity index (χ4v) is 3.13. The van der Waals surface area contributed by atoms with Crippen molar-refractivity contribution in [1.29, 1.82) is 0 Å². The van der Waals surface area contributed by atoms with E-state index < -0.39 is 0 Å². The maximum absolute atomic E-state index is 6.04. The van der Waals surface area contributed by atoms with Crippen molar-refractivity contribution < 1.29 is 19.0 Å². The number of allylic oxidation sites excluding steroid dienone is 1. The van der Waals surface area contributed by atoms with E-state index in [1.54, 1.807) is 12.1 Å². The van der Waals surface area contributed by atoms with Gasteiger partial charge >= 0.3 is 0 Å². The molecule has 7 heteroatoms. The molecule has 0 atom stereocenters. The van der Waals surface area contributed by atoms with Crippen LogP contribution in [0.3, 0.4) is 0 Å². The molecule has 0 saturated heterocycles. The van der Waals surface area contributed by atoms with E-state index in [0.717, 1.165) is 61.3 Å². The molecule has 0 fully saturated rings. The van der Waals surface area contributed by atoms with Gasteiger partial charge in [-0.15, -0.1) is 10.2 Å². The molecule has 7 nitrogen and oxygen atoms in total. The lowest BCUT2D eigenvalue weighted by molar-refractivity contribution is 0.215. The fourth-order valence-electron chi connectivity index (χ4n) is 3.13. The van der Waals surface area contributed by atoms with Gasteiger partial charge in [-0.2, -0.15) is 0 Å². The third kappa shape index (κ3) is 9.37. The van der Waals surface area contributed by atoms with Gasteiger partial charge in [0.15, 0.2) is 0 Å². The number of unbranched alkanes of at least 4 members (excludes halogenated alkanes) is 4. The average Bonchev–Trinajstić information content (AvgIpc) is 2.79. The molecule has 0 saturated carbocycles. The number of nitrogens with zero attached hydrogens (tertiary/aromatic N) is 3. The Morgan fingerprint density at radius 2 is 1.56 bits per heavy atom. The molecule has 0 aliphatic rings. The highest BCUT2D eigenvalue weighted by atomic mass is 16.6. The summed E-state index contributed by atoms with van der Waals surface area (Å²) in [6.45, 7) is 8.07. The predicted molar refractivity (Wildman–Crippen MR) is 127 cm³/mol. The molecule has 32 heavy (non-hydrogen) atoms. The Balaban J connectivity index is 1.56. The van der Waals surface area contributed by atoms with Crippen molar-refractivity contribution in [3.63, 3.8) is 0 Å². The average molecular weight is 442 g/mol. The van der Waals surface area contributed by atoms with Gasteiger partial charge in [0.05, 0.1) is 19.4 Å². The van der Waals surface area contributed by atoms with Gasteiger partial charge in [-0.3, -0.25) is 0 Å². The van der Waals surface area contributed by atoms with Crippen LogP contribution in [-0.2, 0) is 4.84 Å². The molecular formula is C25H35N3O4. The molecule has 2 aromatic rings. The molecule has 0 radical (unpaired) electrons. The zero-order valence-corrected chi connectivity index (χ0v) is 19.7. The van der Waals surface area contributed by atoms with Crippen molar-refractivity contribution in [1.82, 2.24) is 10.2 Å². The van der Waals surface area contributed by atoms with Gasteiger partial charge in [-0.05, 0) is 62.9 Å². The Hall–Kier alpha value is -3.09. The minimum Gasteiger partial charge on any atom is -0.493 e. The SMILES string of the molecule is C/C=C/COc1cc(C)c(OCCCCCCCOc2ccc(/C=N/OC)nn2)c(C)c1. The van der Waals surface area contributed by atoms with Crippen molar-refractivity contribution in [2.75, 3.05) is 26.9 Å². The summed E-state index contributed by atoms with van der Waals surface area (Å²) >= 11 is 0. The van der Waals surface area contributed by atoms with E-state index in [2.05, 4.69) is 34.0 Å². The topological polar surface area (TPSA) is 75.1 Å². The Labute approximate surface area is 191 Å². The summed E-state index contributed by atoms with van der Waals surface area (Å²) < 4.78 is 17.4. The van der Waals surface area contributed by atoms with Crippen LogP contribution in [-0.4, -0.2) is 43.3 Å². The highest BCUT2D eigenvalue weighted by molar-refractivity contribution is 5.75. The summed E-state index contributed by atoms with van der Waals surface area (Å²) in [6, 6.07) is 7.65. The van der Waals surface area contributed by atoms with Crippen LogP contribution in [0.15, 0.2) is 41.6 Å². The zero-order valence-electron chi connectivity index (χ0n) is 19.7. The second-order valence-electron chi connectivity index (χ2n) is 7.44. The Morgan fingerprint density at radius 1 is 0.875 bits per heavy atom. The fraction of sp³-hybridized carbons (Fsp3) is 0.480. The van der Waals surface area contributed by atoms with Gasteiger partial charge in [0.25, 0.3) is 0 Å². The van der Waals surface area contributed by atoms with E-state index in [9.17, 15) is 0 Å². The molecule has 0 bridgehead atoms. The Kier molecular flexibility index (Phi) is 11.7. The lowest BCUT2D eigenvalue weighted by Gasteiger charge is -2.14. The number of oxime groups is 1. The van der Waals surface area contributed by atoms with Crippen LogP contribution in [0.5, 0.6) is 17.4 Å². The molecule has 0 N–H and O–H groups in total. The first-order valence-electron chi connectivity index (χ1n) is 11.1. The first-order valence-corrected chi connectivity index (χ1v) is 11.1. The number of ether oxygens (including phenoxy) is 3. The van der Waals surface area contributed by atoms with Crippen LogP contribution >= 0.6 is 0 Å². The van der Waals surface area contributed by atoms with E-state index in [-0.39, 0.29) is 0 Å². The van der Waals surface area contributed by atoms with Crippen LogP contribution in [0.4, 0.5) is 0 Å². The first-order chi connectivity index (χ1) is 15.6. The van der Waals surface area contributed by atoms with E-state index in [4.69, 9.17) is 14.2 Å². The van der Waals surface area contributed by atoms with Gasteiger partial charge in [0.1, 0.15) is 30.9 Å². The van der Waals surface area contributed by atoms with Gasteiger partial charge in [-0.25, -0.2) is 0 Å². The predicted octanol–water partition coefficient (Wildman–Crippen LogP) is 5.44. The molecule has 174 valence electrons. The van der Waals surface area contributed by atoms with Crippen LogP contribution in [0.1, 0.15) is 55.8 Å². The smallest absolute Gasteiger partial charge is 0.233 e. The third-order valence-corrected chi connectivity index (χ3v) is 4.75. The molecule has 0 aliphatic heterocycles. The third-order valence-electron chi connectivity index (χ3n) is 4.75. The summed E-state index contributed by atoms with van der Waals surface area (Å²) in [5.74, 6) is 2.38. The van der Waals surface area contributed by atoms with Crippen molar-refractivity contribution >= 4 is 6.21 Å². The molecule has 0 spiro atoms. The molecule has 1 heterocycles. The van der Waals surface area contributed by atoms with Crippen LogP contribution < -0.4 is 14.2 Å². The molecule has 0 unspecified atom stereocenters. The maximum atomic E-state index is 6.04. The van der Waals surface area contributed by atoms with E-state index >= 15 is 0 Å². The van der Waals surface area contributed by atoms with Crippen molar-refractivity contribution in [3.8, 4) is 17.4 Å². The van der Waals surface area contributed by atoms with Gasteiger partial charge in [0, 0.05) is 6.07 Å². The maximum Gasteiger partial charge on any atom is 0.233 e. The van der Waals surface area contributed by atoms with Gasteiger partial charge < -0.3 is 19.0 Å². The summed E-state index contributed by atoms with van der Waals surface area (Å²) in [7, 11) is 1.48. The van der Waals surface area contributed by atoms with E-state index in [1.807, 2.05) is 31.2 Å². The lowest BCUT2D eigenvalue weighted by Crippen LogP contribution is -2.03. The Morgan fingerprint density at radius 3 is 2.19 bits per heavy atom. The summed E-state index contributed by atoms with van der Waals surface area (Å²) in [5, 5.41) is 11.7. The van der Waals surface area contributed by atoms with Crippen LogP contribution in [0.2, 0.25) is 0 Å². The zero-order chi connectivity index (χ0) is 23.0. The lowest BCUT2D eigenvalue weighted by atomic mass is 10.1. The number of hydrogen-bond donors (Lipinski definition) is 0. The molecule has 0 amide bonds. The number of rotatable bonds is 15. The molecule has 1 aromatic heterocycles. The highest BCUT2D eigenvalue weighted by Gasteiger charge is 2.07. The van der Waals surface area contributed by atoms with E-state index in [0.29, 0.717) is 24.8 Å².